The van der Waals surface area contributed by atoms with E-state index < -0.39 is 42.9 Å². The van der Waals surface area contributed by atoms with E-state index >= 15 is 0 Å². The van der Waals surface area contributed by atoms with Crippen LogP contribution in [0, 0.1) is 5.82 Å². The molecule has 0 spiro atoms. The topological polar surface area (TPSA) is 115 Å². The zero-order chi connectivity index (χ0) is 22.8. The van der Waals surface area contributed by atoms with E-state index in [4.69, 9.17) is 21.1 Å². The van der Waals surface area contributed by atoms with E-state index in [0.717, 1.165) is 5.56 Å². The molecule has 1 aliphatic heterocycles. The van der Waals surface area contributed by atoms with Gasteiger partial charge in [-0.3, -0.25) is 0 Å². The smallest absolute Gasteiger partial charge is 0.132 e. The van der Waals surface area contributed by atoms with Crippen molar-refractivity contribution in [1.29, 1.82) is 0 Å². The quantitative estimate of drug-likeness (QED) is 0.341. The molecule has 0 saturated carbocycles. The number of aliphatic hydroxyl groups excluding tert-OH is 4. The Balaban J connectivity index is 1.74. The number of aromatic amines is 1. The molecule has 2 aromatic carbocycles. The molecule has 4 rings (SSSR count). The first-order valence-electron chi connectivity index (χ1n) is 10.3. The largest absolute Gasteiger partial charge is 0.492 e. The van der Waals surface area contributed by atoms with Crippen LogP contribution in [0.1, 0.15) is 22.9 Å². The van der Waals surface area contributed by atoms with Gasteiger partial charge in [-0.25, -0.2) is 4.39 Å². The average Bonchev–Trinajstić information content (AvgIpc) is 3.16. The van der Waals surface area contributed by atoms with Crippen LogP contribution in [0.25, 0.3) is 10.9 Å². The van der Waals surface area contributed by atoms with Gasteiger partial charge in [0, 0.05) is 17.3 Å². The summed E-state index contributed by atoms with van der Waals surface area (Å²) in [5, 5.41) is 40.9. The van der Waals surface area contributed by atoms with Crippen molar-refractivity contribution in [3.8, 4) is 5.75 Å². The Labute approximate surface area is 189 Å². The van der Waals surface area contributed by atoms with Crippen molar-refractivity contribution in [3.63, 3.8) is 0 Å². The van der Waals surface area contributed by atoms with Gasteiger partial charge >= 0.3 is 0 Å². The van der Waals surface area contributed by atoms with Crippen molar-refractivity contribution in [1.82, 2.24) is 4.98 Å². The molecular formula is C23H25ClFNO6. The standard InChI is InChI=1S/C23H25ClFNO6/c24-8-9-31-13-6-4-12(5-7-13)10-14-18-15(25)2-1-3-16(18)26-19(14)23-22(30)21(29)20(28)17(11-27)32-23/h1-7,17,20-23,26-30H,8-11H2/t17-,20-,21+,22-,23+/m1/s1. The predicted octanol–water partition coefficient (Wildman–Crippen LogP) is 2.03. The van der Waals surface area contributed by atoms with Crippen molar-refractivity contribution < 1.29 is 34.3 Å². The van der Waals surface area contributed by atoms with Gasteiger partial charge in [0.1, 0.15) is 48.7 Å². The van der Waals surface area contributed by atoms with Gasteiger partial charge < -0.3 is 34.9 Å². The molecule has 32 heavy (non-hydrogen) atoms. The molecule has 3 aromatic rings. The molecule has 1 fully saturated rings. The zero-order valence-electron chi connectivity index (χ0n) is 17.1. The summed E-state index contributed by atoms with van der Waals surface area (Å²) < 4.78 is 26.0. The maximum absolute atomic E-state index is 14.8. The van der Waals surface area contributed by atoms with E-state index in [1.54, 1.807) is 24.3 Å². The van der Waals surface area contributed by atoms with Crippen LogP contribution in [0.4, 0.5) is 4.39 Å². The number of hydrogen-bond acceptors (Lipinski definition) is 6. The van der Waals surface area contributed by atoms with Crippen molar-refractivity contribution in [2.45, 2.75) is 36.9 Å². The van der Waals surface area contributed by atoms with Crippen LogP contribution in [0.3, 0.4) is 0 Å². The minimum atomic E-state index is -1.53. The second-order valence-electron chi connectivity index (χ2n) is 7.79. The summed E-state index contributed by atoms with van der Waals surface area (Å²) in [4.78, 5) is 3.11. The van der Waals surface area contributed by atoms with Crippen LogP contribution in [0.15, 0.2) is 42.5 Å². The zero-order valence-corrected chi connectivity index (χ0v) is 17.9. The lowest BCUT2D eigenvalue weighted by atomic mass is 9.90. The SMILES string of the molecule is OC[C@H]1O[C@@H](c2[nH]c3cccc(F)c3c2Cc2ccc(OCCCl)cc2)[C@H](O)[C@@H](O)[C@@H]1O. The second-order valence-corrected chi connectivity index (χ2v) is 8.17. The van der Waals surface area contributed by atoms with Gasteiger partial charge in [-0.15, -0.1) is 11.6 Å². The molecule has 5 atom stereocenters. The summed E-state index contributed by atoms with van der Waals surface area (Å²) in [6, 6.07) is 11.9. The monoisotopic (exact) mass is 465 g/mol. The molecule has 1 aromatic heterocycles. The molecule has 5 N–H and O–H groups in total. The molecule has 1 aliphatic rings. The van der Waals surface area contributed by atoms with Gasteiger partial charge in [-0.05, 0) is 35.4 Å². The summed E-state index contributed by atoms with van der Waals surface area (Å²) >= 11 is 5.65. The molecular weight excluding hydrogens is 441 g/mol. The highest BCUT2D eigenvalue weighted by atomic mass is 35.5. The van der Waals surface area contributed by atoms with Gasteiger partial charge in [0.25, 0.3) is 0 Å². The third-order valence-corrected chi connectivity index (χ3v) is 5.89. The molecule has 7 nitrogen and oxygen atoms in total. The number of H-pyrrole nitrogens is 1. The molecule has 0 bridgehead atoms. The normalized spacial score (nSPS) is 25.9. The summed E-state index contributed by atoms with van der Waals surface area (Å²) in [7, 11) is 0. The maximum Gasteiger partial charge on any atom is 0.132 e. The first-order valence-corrected chi connectivity index (χ1v) is 10.8. The number of hydrogen-bond donors (Lipinski definition) is 5. The summed E-state index contributed by atoms with van der Waals surface area (Å²) in [5.41, 5.74) is 2.30. The summed E-state index contributed by atoms with van der Waals surface area (Å²) in [6.07, 6.45) is -6.35. The van der Waals surface area contributed by atoms with Crippen LogP contribution in [-0.4, -0.2) is 68.9 Å². The number of aliphatic hydroxyl groups is 4. The lowest BCUT2D eigenvalue weighted by molar-refractivity contribution is -0.232. The predicted molar refractivity (Wildman–Crippen MR) is 116 cm³/mol. The van der Waals surface area contributed by atoms with Gasteiger partial charge in [-0.1, -0.05) is 18.2 Å². The molecule has 2 heterocycles. The Morgan fingerprint density at radius 3 is 2.47 bits per heavy atom. The van der Waals surface area contributed by atoms with Crippen molar-refractivity contribution >= 4 is 22.5 Å². The molecule has 172 valence electrons. The van der Waals surface area contributed by atoms with Crippen molar-refractivity contribution in [2.75, 3.05) is 19.1 Å². The highest BCUT2D eigenvalue weighted by Crippen LogP contribution is 2.38. The van der Waals surface area contributed by atoms with Crippen molar-refractivity contribution in [3.05, 3.63) is 65.1 Å². The third-order valence-electron chi connectivity index (χ3n) is 5.74. The number of ether oxygens (including phenoxy) is 2. The first kappa shape index (κ1) is 23.0. The van der Waals surface area contributed by atoms with Gasteiger partial charge in [-0.2, -0.15) is 0 Å². The third kappa shape index (κ3) is 4.34. The van der Waals surface area contributed by atoms with Gasteiger partial charge in [0.15, 0.2) is 0 Å². The van der Waals surface area contributed by atoms with E-state index in [0.29, 0.717) is 46.8 Å². The number of alkyl halides is 1. The van der Waals surface area contributed by atoms with Crippen LogP contribution < -0.4 is 4.74 Å². The molecule has 0 unspecified atom stereocenters. The number of benzene rings is 2. The fourth-order valence-electron chi connectivity index (χ4n) is 4.12. The second kappa shape index (κ2) is 9.74. The Bertz CT molecular complexity index is 1060. The number of aromatic nitrogens is 1. The molecule has 0 radical (unpaired) electrons. The lowest BCUT2D eigenvalue weighted by Crippen LogP contribution is -2.55. The highest BCUT2D eigenvalue weighted by molar-refractivity contribution is 6.18. The fourth-order valence-corrected chi connectivity index (χ4v) is 4.20. The summed E-state index contributed by atoms with van der Waals surface area (Å²) in [5.74, 6) is 0.596. The number of fused-ring (bicyclic) bond motifs is 1. The van der Waals surface area contributed by atoms with E-state index in [2.05, 4.69) is 4.98 Å². The van der Waals surface area contributed by atoms with Crippen LogP contribution in [0.5, 0.6) is 5.75 Å². The maximum atomic E-state index is 14.8. The minimum absolute atomic E-state index is 0.307. The van der Waals surface area contributed by atoms with Gasteiger partial charge in [0.05, 0.1) is 18.2 Å². The lowest BCUT2D eigenvalue weighted by Gasteiger charge is -2.40. The number of nitrogens with one attached hydrogen (secondary N) is 1. The number of halogens is 2. The molecule has 0 amide bonds. The molecule has 0 aliphatic carbocycles. The average molecular weight is 466 g/mol. The fraction of sp³-hybridized carbons (Fsp3) is 0.391. The Morgan fingerprint density at radius 1 is 1.03 bits per heavy atom. The van der Waals surface area contributed by atoms with E-state index in [9.17, 15) is 24.8 Å². The van der Waals surface area contributed by atoms with E-state index in [-0.39, 0.29) is 0 Å². The Hall–Kier alpha value is -2.20. The first-order chi connectivity index (χ1) is 15.4. The molecule has 1 saturated heterocycles. The van der Waals surface area contributed by atoms with Gasteiger partial charge in [0.2, 0.25) is 0 Å². The van der Waals surface area contributed by atoms with E-state index in [1.807, 2.05) is 12.1 Å². The van der Waals surface area contributed by atoms with Crippen LogP contribution in [-0.2, 0) is 11.2 Å². The van der Waals surface area contributed by atoms with Crippen LogP contribution in [0.2, 0.25) is 0 Å². The Morgan fingerprint density at radius 2 is 1.78 bits per heavy atom. The molecule has 9 heteroatoms. The highest BCUT2D eigenvalue weighted by Gasteiger charge is 2.45. The van der Waals surface area contributed by atoms with Crippen molar-refractivity contribution in [2.24, 2.45) is 0 Å². The Kier molecular flexibility index (Phi) is 6.99. The minimum Gasteiger partial charge on any atom is -0.492 e. The number of rotatable bonds is 7. The summed E-state index contributed by atoms with van der Waals surface area (Å²) in [6.45, 7) is -0.162. The van der Waals surface area contributed by atoms with Crippen LogP contribution >= 0.6 is 11.6 Å². The van der Waals surface area contributed by atoms with E-state index in [1.165, 1.54) is 6.07 Å².